The number of halogens is 1. The second kappa shape index (κ2) is 8.35. The minimum absolute atomic E-state index is 0.0892. The fraction of sp³-hybridized carbons (Fsp3) is 0.167. The molecule has 0 aliphatic rings. The molecule has 26 heavy (non-hydrogen) atoms. The fourth-order valence-electron chi connectivity index (χ4n) is 2.04. The number of benzene rings is 2. The van der Waals surface area contributed by atoms with Crippen LogP contribution in [0.15, 0.2) is 42.5 Å². The molecule has 0 radical (unpaired) electrons. The minimum Gasteiger partial charge on any atom is -0.507 e. The Balaban J connectivity index is 1.96. The van der Waals surface area contributed by atoms with Crippen molar-refractivity contribution in [1.82, 2.24) is 0 Å². The summed E-state index contributed by atoms with van der Waals surface area (Å²) in [5.41, 5.74) is 0.975. The molecule has 2 aromatic carbocycles. The number of phenolic OH excluding ortho intramolecular Hbond substituents is 1. The van der Waals surface area contributed by atoms with Crippen LogP contribution in [0.3, 0.4) is 0 Å². The van der Waals surface area contributed by atoms with Gasteiger partial charge in [0.1, 0.15) is 11.3 Å². The van der Waals surface area contributed by atoms with Crippen LogP contribution in [0.4, 0.5) is 11.4 Å². The summed E-state index contributed by atoms with van der Waals surface area (Å²) >= 11 is 5.71. The monoisotopic (exact) mass is 376 g/mol. The van der Waals surface area contributed by atoms with Gasteiger partial charge in [-0.1, -0.05) is 11.6 Å². The van der Waals surface area contributed by atoms with Crippen LogP contribution in [-0.4, -0.2) is 29.0 Å². The SMILES string of the molecule is CC(=O)Nc1ccc(NC(=O)[C@@H](C)OC(=O)c2ccc(Cl)cc2O)cc1. The van der Waals surface area contributed by atoms with Crippen LogP contribution < -0.4 is 10.6 Å². The molecular formula is C18H17ClN2O5. The molecule has 0 bridgehead atoms. The number of phenols is 1. The predicted molar refractivity (Wildman–Crippen MR) is 97.4 cm³/mol. The molecule has 2 amide bonds. The molecule has 0 fully saturated rings. The Labute approximate surface area is 154 Å². The second-order valence-electron chi connectivity index (χ2n) is 5.46. The first kappa shape index (κ1) is 19.3. The van der Waals surface area contributed by atoms with E-state index in [2.05, 4.69) is 10.6 Å². The van der Waals surface area contributed by atoms with Gasteiger partial charge in [0.15, 0.2) is 6.10 Å². The van der Waals surface area contributed by atoms with Gasteiger partial charge < -0.3 is 20.5 Å². The lowest BCUT2D eigenvalue weighted by molar-refractivity contribution is -0.123. The molecule has 2 rings (SSSR count). The largest absolute Gasteiger partial charge is 0.507 e. The summed E-state index contributed by atoms with van der Waals surface area (Å²) in [5.74, 6) is -1.92. The highest BCUT2D eigenvalue weighted by molar-refractivity contribution is 6.30. The van der Waals surface area contributed by atoms with Gasteiger partial charge in [0.05, 0.1) is 0 Å². The number of aromatic hydroxyl groups is 1. The van der Waals surface area contributed by atoms with Crippen molar-refractivity contribution in [3.63, 3.8) is 0 Å². The van der Waals surface area contributed by atoms with Crippen molar-refractivity contribution in [3.8, 4) is 5.75 Å². The number of nitrogens with one attached hydrogen (secondary N) is 2. The Morgan fingerprint density at radius 1 is 1.04 bits per heavy atom. The molecule has 0 saturated heterocycles. The Morgan fingerprint density at radius 3 is 2.15 bits per heavy atom. The number of carbonyl (C=O) groups excluding carboxylic acids is 3. The molecule has 0 unspecified atom stereocenters. The van der Waals surface area contributed by atoms with Crippen molar-refractivity contribution in [3.05, 3.63) is 53.1 Å². The molecular weight excluding hydrogens is 360 g/mol. The maximum absolute atomic E-state index is 12.1. The van der Waals surface area contributed by atoms with E-state index in [1.807, 2.05) is 0 Å². The molecule has 0 heterocycles. The summed E-state index contributed by atoms with van der Waals surface area (Å²) in [6.07, 6.45) is -1.09. The van der Waals surface area contributed by atoms with Crippen molar-refractivity contribution in [2.45, 2.75) is 20.0 Å². The zero-order valence-electron chi connectivity index (χ0n) is 14.1. The molecule has 0 spiro atoms. The lowest BCUT2D eigenvalue weighted by Gasteiger charge is -2.14. The number of esters is 1. The van der Waals surface area contributed by atoms with Gasteiger partial charge in [0.25, 0.3) is 5.91 Å². The number of amides is 2. The Kier molecular flexibility index (Phi) is 6.19. The third-order valence-electron chi connectivity index (χ3n) is 3.31. The average Bonchev–Trinajstić information content (AvgIpc) is 2.55. The Morgan fingerprint density at radius 2 is 1.62 bits per heavy atom. The van der Waals surface area contributed by atoms with Gasteiger partial charge in [-0.25, -0.2) is 4.79 Å². The molecule has 0 aliphatic heterocycles. The van der Waals surface area contributed by atoms with Crippen molar-refractivity contribution < 1.29 is 24.2 Å². The van der Waals surface area contributed by atoms with Crippen LogP contribution in [0, 0.1) is 0 Å². The van der Waals surface area contributed by atoms with E-state index in [0.29, 0.717) is 11.4 Å². The maximum atomic E-state index is 12.1. The molecule has 3 N–H and O–H groups in total. The van der Waals surface area contributed by atoms with Crippen LogP contribution in [0.1, 0.15) is 24.2 Å². The molecule has 0 saturated carbocycles. The van der Waals surface area contributed by atoms with Crippen LogP contribution in [-0.2, 0) is 14.3 Å². The summed E-state index contributed by atoms with van der Waals surface area (Å²) in [6.45, 7) is 2.80. The standard InChI is InChI=1S/C18H17ClN2O5/c1-10(26-18(25)15-8-3-12(19)9-16(15)23)17(24)21-14-6-4-13(5-7-14)20-11(2)22/h3-10,23H,1-2H3,(H,20,22)(H,21,24)/t10-/m1/s1. The molecule has 1 atom stereocenters. The average molecular weight is 377 g/mol. The molecule has 0 aromatic heterocycles. The Bertz CT molecular complexity index is 836. The van der Waals surface area contributed by atoms with Crippen molar-refractivity contribution in [1.29, 1.82) is 0 Å². The third kappa shape index (κ3) is 5.22. The van der Waals surface area contributed by atoms with Gasteiger partial charge in [0.2, 0.25) is 5.91 Å². The molecule has 8 heteroatoms. The molecule has 136 valence electrons. The van der Waals surface area contributed by atoms with E-state index in [1.165, 1.54) is 32.0 Å². The van der Waals surface area contributed by atoms with E-state index >= 15 is 0 Å². The van der Waals surface area contributed by atoms with E-state index < -0.39 is 18.0 Å². The summed E-state index contributed by atoms with van der Waals surface area (Å²) in [6, 6.07) is 10.4. The van der Waals surface area contributed by atoms with Crippen LogP contribution in [0.2, 0.25) is 5.02 Å². The number of ether oxygens (including phenoxy) is 1. The lowest BCUT2D eigenvalue weighted by Crippen LogP contribution is -2.30. The topological polar surface area (TPSA) is 105 Å². The van der Waals surface area contributed by atoms with E-state index in [1.54, 1.807) is 24.3 Å². The van der Waals surface area contributed by atoms with E-state index in [-0.39, 0.29) is 22.2 Å². The fourth-order valence-corrected chi connectivity index (χ4v) is 2.21. The van der Waals surface area contributed by atoms with Crippen molar-refractivity contribution in [2.24, 2.45) is 0 Å². The van der Waals surface area contributed by atoms with Gasteiger partial charge in [0, 0.05) is 23.3 Å². The summed E-state index contributed by atoms with van der Waals surface area (Å²) < 4.78 is 5.06. The summed E-state index contributed by atoms with van der Waals surface area (Å²) in [7, 11) is 0. The first-order valence-corrected chi connectivity index (χ1v) is 8.02. The number of anilines is 2. The van der Waals surface area contributed by atoms with Crippen LogP contribution in [0.25, 0.3) is 0 Å². The number of rotatable bonds is 5. The van der Waals surface area contributed by atoms with Gasteiger partial charge in [-0.05, 0) is 49.4 Å². The minimum atomic E-state index is -1.09. The highest BCUT2D eigenvalue weighted by Gasteiger charge is 2.21. The predicted octanol–water partition coefficient (Wildman–Crippen LogP) is 3.19. The molecule has 0 aliphatic carbocycles. The highest BCUT2D eigenvalue weighted by atomic mass is 35.5. The molecule has 2 aromatic rings. The smallest absolute Gasteiger partial charge is 0.342 e. The van der Waals surface area contributed by atoms with E-state index in [0.717, 1.165) is 0 Å². The normalized spacial score (nSPS) is 11.3. The summed E-state index contributed by atoms with van der Waals surface area (Å²) in [5, 5.41) is 15.2. The van der Waals surface area contributed by atoms with Crippen molar-refractivity contribution >= 4 is 40.8 Å². The van der Waals surface area contributed by atoms with Gasteiger partial charge in [-0.15, -0.1) is 0 Å². The van der Waals surface area contributed by atoms with E-state index in [9.17, 15) is 19.5 Å². The van der Waals surface area contributed by atoms with Crippen molar-refractivity contribution in [2.75, 3.05) is 10.6 Å². The van der Waals surface area contributed by atoms with Gasteiger partial charge in [-0.2, -0.15) is 0 Å². The van der Waals surface area contributed by atoms with Crippen LogP contribution in [0.5, 0.6) is 5.75 Å². The third-order valence-corrected chi connectivity index (χ3v) is 3.54. The summed E-state index contributed by atoms with van der Waals surface area (Å²) in [4.78, 5) is 35.2. The number of hydrogen-bond donors (Lipinski definition) is 3. The quantitative estimate of drug-likeness (QED) is 0.695. The zero-order valence-corrected chi connectivity index (χ0v) is 14.8. The lowest BCUT2D eigenvalue weighted by atomic mass is 10.2. The second-order valence-corrected chi connectivity index (χ2v) is 5.89. The first-order chi connectivity index (χ1) is 12.3. The van der Waals surface area contributed by atoms with Crippen LogP contribution >= 0.6 is 11.6 Å². The van der Waals surface area contributed by atoms with Gasteiger partial charge in [-0.3, -0.25) is 9.59 Å². The Hall–Kier alpha value is -3.06. The number of carbonyl (C=O) groups is 3. The van der Waals surface area contributed by atoms with Gasteiger partial charge >= 0.3 is 5.97 Å². The number of hydrogen-bond acceptors (Lipinski definition) is 5. The molecule has 7 nitrogen and oxygen atoms in total. The first-order valence-electron chi connectivity index (χ1n) is 7.64. The highest BCUT2D eigenvalue weighted by Crippen LogP contribution is 2.23. The maximum Gasteiger partial charge on any atom is 0.342 e. The van der Waals surface area contributed by atoms with E-state index in [4.69, 9.17) is 16.3 Å². The zero-order chi connectivity index (χ0) is 19.3.